The van der Waals surface area contributed by atoms with Crippen molar-refractivity contribution in [1.82, 2.24) is 10.2 Å². The van der Waals surface area contributed by atoms with Gasteiger partial charge >= 0.3 is 12.4 Å². The Hall–Kier alpha value is -3.69. The monoisotopic (exact) mass is 462 g/mol. The van der Waals surface area contributed by atoms with Gasteiger partial charge in [-0.25, -0.2) is 8.78 Å². The molecule has 3 aromatic rings. The summed E-state index contributed by atoms with van der Waals surface area (Å²) in [5.41, 5.74) is -2.71. The average molecular weight is 462 g/mol. The van der Waals surface area contributed by atoms with Crippen LogP contribution in [-0.4, -0.2) is 22.9 Å². The smallest absolute Gasteiger partial charge is 0.417 e. The van der Waals surface area contributed by atoms with E-state index < -0.39 is 59.8 Å². The van der Waals surface area contributed by atoms with Crippen LogP contribution in [0.3, 0.4) is 0 Å². The number of anilines is 1. The third-order valence-corrected chi connectivity index (χ3v) is 4.12. The molecule has 0 atom stereocenters. The second-order valence-corrected chi connectivity index (χ2v) is 6.44. The molecule has 0 aliphatic rings. The van der Waals surface area contributed by atoms with Crippen molar-refractivity contribution in [3.8, 4) is 17.5 Å². The Morgan fingerprint density at radius 2 is 1.66 bits per heavy atom. The molecule has 2 aromatic carbocycles. The maximum Gasteiger partial charge on any atom is 0.417 e. The van der Waals surface area contributed by atoms with E-state index in [4.69, 9.17) is 9.68 Å². The largest absolute Gasteiger partial charge is 0.419 e. The fourth-order valence-electron chi connectivity index (χ4n) is 2.74. The van der Waals surface area contributed by atoms with E-state index in [2.05, 4.69) is 10.2 Å². The van der Waals surface area contributed by atoms with Gasteiger partial charge < -0.3 is 9.32 Å². The number of aromatic nitrogens is 2. The van der Waals surface area contributed by atoms with Crippen LogP contribution in [0.4, 0.5) is 40.8 Å². The summed E-state index contributed by atoms with van der Waals surface area (Å²) in [7, 11) is 0. The maximum atomic E-state index is 13.4. The number of hydrogen-bond donors (Lipinski definition) is 0. The lowest BCUT2D eigenvalue weighted by Gasteiger charge is -2.25. The molecule has 5 nitrogen and oxygen atoms in total. The van der Waals surface area contributed by atoms with E-state index in [1.807, 2.05) is 0 Å². The summed E-state index contributed by atoms with van der Waals surface area (Å²) >= 11 is 0. The highest BCUT2D eigenvalue weighted by Gasteiger charge is 2.36. The molecule has 32 heavy (non-hydrogen) atoms. The summed E-state index contributed by atoms with van der Waals surface area (Å²) in [4.78, 5) is 0.499. The molecule has 0 amide bonds. The van der Waals surface area contributed by atoms with Gasteiger partial charge in [0.2, 0.25) is 11.8 Å². The summed E-state index contributed by atoms with van der Waals surface area (Å²) < 4.78 is 110. The second-order valence-electron chi connectivity index (χ2n) is 6.44. The van der Waals surface area contributed by atoms with Gasteiger partial charge in [0.1, 0.15) is 6.54 Å². The zero-order valence-corrected chi connectivity index (χ0v) is 15.6. The number of nitriles is 1. The molecule has 168 valence electrons. The lowest BCUT2D eigenvalue weighted by atomic mass is 10.1. The van der Waals surface area contributed by atoms with Gasteiger partial charge in [-0.05, 0) is 36.4 Å². The first kappa shape index (κ1) is 23.0. The highest BCUT2D eigenvalue weighted by atomic mass is 19.4. The predicted molar refractivity (Wildman–Crippen MR) is 92.9 cm³/mol. The van der Waals surface area contributed by atoms with Crippen LogP contribution in [-0.2, 0) is 12.7 Å². The van der Waals surface area contributed by atoms with Gasteiger partial charge in [-0.2, -0.15) is 31.6 Å². The molecular formula is C19H10F8N4O. The molecule has 0 bridgehead atoms. The minimum Gasteiger partial charge on any atom is -0.419 e. The van der Waals surface area contributed by atoms with Gasteiger partial charge in [0.25, 0.3) is 0 Å². The van der Waals surface area contributed by atoms with Crippen LogP contribution in [0.2, 0.25) is 0 Å². The van der Waals surface area contributed by atoms with E-state index in [0.29, 0.717) is 11.0 Å². The molecule has 0 spiro atoms. The van der Waals surface area contributed by atoms with E-state index in [0.717, 1.165) is 30.3 Å². The topological polar surface area (TPSA) is 66.0 Å². The van der Waals surface area contributed by atoms with Crippen molar-refractivity contribution in [2.75, 3.05) is 11.4 Å². The molecule has 0 aliphatic carbocycles. The maximum absolute atomic E-state index is 13.4. The lowest BCUT2D eigenvalue weighted by Crippen LogP contribution is -2.34. The van der Waals surface area contributed by atoms with Crippen molar-refractivity contribution in [2.24, 2.45) is 0 Å². The van der Waals surface area contributed by atoms with Gasteiger partial charge in [-0.3, -0.25) is 0 Å². The molecule has 0 unspecified atom stereocenters. The minimum atomic E-state index is -4.98. The van der Waals surface area contributed by atoms with Crippen LogP contribution >= 0.6 is 0 Å². The van der Waals surface area contributed by atoms with Gasteiger partial charge in [-0.15, -0.1) is 10.2 Å². The average Bonchev–Trinajstić information content (AvgIpc) is 3.16. The molecule has 1 heterocycles. The fraction of sp³-hybridized carbons (Fsp3) is 0.211. The SMILES string of the molecule is N#Cc1ccc(N(Cc2nnc(-c3ccc(F)c(F)c3)o2)CC(F)(F)F)cc1C(F)(F)F. The summed E-state index contributed by atoms with van der Waals surface area (Å²) in [6, 6.07) is 6.03. The van der Waals surface area contributed by atoms with E-state index in [-0.39, 0.29) is 11.5 Å². The van der Waals surface area contributed by atoms with Crippen LogP contribution in [0.5, 0.6) is 0 Å². The van der Waals surface area contributed by atoms with Crippen molar-refractivity contribution in [3.63, 3.8) is 0 Å². The van der Waals surface area contributed by atoms with Crippen molar-refractivity contribution in [3.05, 3.63) is 65.1 Å². The third-order valence-electron chi connectivity index (χ3n) is 4.12. The molecule has 0 aliphatic heterocycles. The van der Waals surface area contributed by atoms with Crippen LogP contribution in [0, 0.1) is 23.0 Å². The lowest BCUT2D eigenvalue weighted by molar-refractivity contribution is -0.137. The van der Waals surface area contributed by atoms with Crippen molar-refractivity contribution >= 4 is 5.69 Å². The Labute approximate surface area is 174 Å². The number of benzene rings is 2. The van der Waals surface area contributed by atoms with E-state index >= 15 is 0 Å². The van der Waals surface area contributed by atoms with E-state index in [1.165, 1.54) is 6.07 Å². The van der Waals surface area contributed by atoms with Crippen molar-refractivity contribution in [2.45, 2.75) is 18.9 Å². The van der Waals surface area contributed by atoms with E-state index in [1.54, 1.807) is 0 Å². The summed E-state index contributed by atoms with van der Waals surface area (Å²) in [6.45, 7) is -2.42. The van der Waals surface area contributed by atoms with Crippen LogP contribution in [0.25, 0.3) is 11.5 Å². The summed E-state index contributed by atoms with van der Waals surface area (Å²) in [6.07, 6.45) is -9.79. The summed E-state index contributed by atoms with van der Waals surface area (Å²) in [5.74, 6) is -3.13. The zero-order chi connectivity index (χ0) is 23.7. The molecule has 0 saturated carbocycles. The summed E-state index contributed by atoms with van der Waals surface area (Å²) in [5, 5.41) is 15.9. The van der Waals surface area contributed by atoms with Crippen LogP contribution < -0.4 is 4.90 Å². The predicted octanol–water partition coefficient (Wildman–Crippen LogP) is 5.47. The van der Waals surface area contributed by atoms with Crippen molar-refractivity contribution < 1.29 is 39.5 Å². The molecule has 0 saturated heterocycles. The normalized spacial score (nSPS) is 12.0. The Balaban J connectivity index is 1.95. The van der Waals surface area contributed by atoms with Gasteiger partial charge in [0, 0.05) is 11.3 Å². The van der Waals surface area contributed by atoms with Gasteiger partial charge in [-0.1, -0.05) is 0 Å². The first-order valence-electron chi connectivity index (χ1n) is 8.58. The molecule has 0 fully saturated rings. The van der Waals surface area contributed by atoms with Crippen LogP contribution in [0.15, 0.2) is 40.8 Å². The number of halogens is 8. The second kappa shape index (κ2) is 8.45. The van der Waals surface area contributed by atoms with Crippen molar-refractivity contribution in [1.29, 1.82) is 5.26 Å². The number of hydrogen-bond acceptors (Lipinski definition) is 5. The minimum absolute atomic E-state index is 0.0530. The van der Waals surface area contributed by atoms with E-state index in [9.17, 15) is 35.1 Å². The molecule has 1 aromatic heterocycles. The first-order chi connectivity index (χ1) is 14.9. The Bertz CT molecular complexity index is 1160. The quantitative estimate of drug-likeness (QED) is 0.471. The molecule has 3 rings (SSSR count). The fourth-order valence-corrected chi connectivity index (χ4v) is 2.74. The Kier molecular flexibility index (Phi) is 6.07. The van der Waals surface area contributed by atoms with Gasteiger partial charge in [0.15, 0.2) is 11.6 Å². The standard InChI is InChI=1S/C19H10F8N4O/c20-14-4-2-10(5-15(14)21)17-30-29-16(32-17)8-31(9-18(22,23)24)12-3-1-11(7-28)13(6-12)19(25,26)27/h1-6H,8-9H2. The Morgan fingerprint density at radius 3 is 2.25 bits per heavy atom. The first-order valence-corrected chi connectivity index (χ1v) is 8.58. The molecule has 13 heteroatoms. The number of rotatable bonds is 5. The van der Waals surface area contributed by atoms with Gasteiger partial charge in [0.05, 0.1) is 23.7 Å². The highest BCUT2D eigenvalue weighted by Crippen LogP contribution is 2.35. The number of nitrogens with zero attached hydrogens (tertiary/aromatic N) is 4. The molecule has 0 radical (unpaired) electrons. The van der Waals surface area contributed by atoms with Crippen LogP contribution in [0.1, 0.15) is 17.0 Å². The Morgan fingerprint density at radius 1 is 0.938 bits per heavy atom. The molecule has 0 N–H and O–H groups in total. The highest BCUT2D eigenvalue weighted by molar-refractivity contribution is 5.55. The third kappa shape index (κ3) is 5.32. The molecular weight excluding hydrogens is 452 g/mol. The number of alkyl halides is 6. The zero-order valence-electron chi connectivity index (χ0n) is 15.6.